The van der Waals surface area contributed by atoms with Crippen molar-refractivity contribution in [2.75, 3.05) is 53.5 Å². The highest BCUT2D eigenvalue weighted by Crippen LogP contribution is 2.38. The Labute approximate surface area is 271 Å². The lowest BCUT2D eigenvalue weighted by Gasteiger charge is -2.25. The van der Waals surface area contributed by atoms with Gasteiger partial charge < -0.3 is 19.4 Å². The van der Waals surface area contributed by atoms with Crippen molar-refractivity contribution in [1.29, 1.82) is 0 Å². The number of rotatable bonds is 10. The fourth-order valence-corrected chi connectivity index (χ4v) is 6.17. The zero-order valence-corrected chi connectivity index (χ0v) is 27.1. The molecule has 0 N–H and O–H groups in total. The number of carbonyl (C=O) groups is 2. The van der Waals surface area contributed by atoms with E-state index >= 15 is 0 Å². The first kappa shape index (κ1) is 32.7. The summed E-state index contributed by atoms with van der Waals surface area (Å²) in [5.41, 5.74) is 2.01. The molecule has 1 heterocycles. The maximum atomic E-state index is 13.7. The van der Waals surface area contributed by atoms with E-state index in [0.29, 0.717) is 71.6 Å². The molecule has 0 aliphatic carbocycles. The summed E-state index contributed by atoms with van der Waals surface area (Å²) in [7, 11) is 3.92. The average Bonchev–Trinajstić information content (AvgIpc) is 2.96. The van der Waals surface area contributed by atoms with Gasteiger partial charge in [-0.25, -0.2) is 0 Å². The summed E-state index contributed by atoms with van der Waals surface area (Å²) in [6, 6.07) is 16.3. The van der Waals surface area contributed by atoms with E-state index in [2.05, 4.69) is 0 Å². The fourth-order valence-electron chi connectivity index (χ4n) is 4.23. The zero-order valence-electron chi connectivity index (χ0n) is 23.3. The first-order valence-electron chi connectivity index (χ1n) is 13.3. The Morgan fingerprint density at radius 1 is 0.881 bits per heavy atom. The molecule has 0 radical (unpaired) electrons. The van der Waals surface area contributed by atoms with Crippen LogP contribution < -0.4 is 0 Å². The molecule has 1 fully saturated rings. The predicted molar refractivity (Wildman–Crippen MR) is 173 cm³/mol. The molecule has 6 nitrogen and oxygen atoms in total. The van der Waals surface area contributed by atoms with Crippen LogP contribution in [0.4, 0.5) is 0 Å². The van der Waals surface area contributed by atoms with Gasteiger partial charge in [0, 0.05) is 53.6 Å². The average molecular weight is 667 g/mol. The Hall–Kier alpha value is -2.23. The van der Waals surface area contributed by atoms with Crippen molar-refractivity contribution in [3.8, 4) is 0 Å². The lowest BCUT2D eigenvalue weighted by atomic mass is 10.1. The summed E-state index contributed by atoms with van der Waals surface area (Å²) in [6.07, 6.45) is 3.23. The number of hydrogen-bond acceptors (Lipinski definition) is 5. The van der Waals surface area contributed by atoms with Crippen LogP contribution in [0.1, 0.15) is 21.5 Å². The normalized spacial score (nSPS) is 13.6. The summed E-state index contributed by atoms with van der Waals surface area (Å²) < 4.78 is 5.30. The number of morpholine rings is 1. The van der Waals surface area contributed by atoms with Gasteiger partial charge in [0.05, 0.1) is 33.8 Å². The topological polar surface area (TPSA) is 53.1 Å². The summed E-state index contributed by atoms with van der Waals surface area (Å²) in [5.74, 6) is -0.270. The predicted octanol–water partition coefficient (Wildman–Crippen LogP) is 7.53. The van der Waals surface area contributed by atoms with Crippen molar-refractivity contribution in [1.82, 2.24) is 14.7 Å². The first-order valence-corrected chi connectivity index (χ1v) is 15.6. The van der Waals surface area contributed by atoms with E-state index < -0.39 is 0 Å². The Kier molecular flexibility index (Phi) is 12.0. The minimum atomic E-state index is -0.190. The molecule has 1 aliphatic heterocycles. The van der Waals surface area contributed by atoms with E-state index in [9.17, 15) is 9.59 Å². The smallest absolute Gasteiger partial charge is 0.255 e. The van der Waals surface area contributed by atoms with Crippen LogP contribution in [0, 0.1) is 0 Å². The van der Waals surface area contributed by atoms with E-state index in [0.717, 1.165) is 20.9 Å². The largest absolute Gasteiger partial charge is 0.378 e. The monoisotopic (exact) mass is 665 g/mol. The molecule has 0 bridgehead atoms. The maximum Gasteiger partial charge on any atom is 0.255 e. The molecule has 222 valence electrons. The summed E-state index contributed by atoms with van der Waals surface area (Å²) in [4.78, 5) is 33.3. The van der Waals surface area contributed by atoms with Crippen LogP contribution in [0.15, 0.2) is 70.5 Å². The van der Waals surface area contributed by atoms with E-state index in [1.54, 1.807) is 46.2 Å². The van der Waals surface area contributed by atoms with Crippen molar-refractivity contribution in [2.24, 2.45) is 0 Å². The molecule has 1 saturated heterocycles. The van der Waals surface area contributed by atoms with Crippen LogP contribution in [0.25, 0.3) is 6.08 Å². The third-order valence-corrected chi connectivity index (χ3v) is 9.10. The highest BCUT2D eigenvalue weighted by molar-refractivity contribution is 7.99. The third-order valence-electron chi connectivity index (χ3n) is 6.55. The number of benzene rings is 3. The molecular weight excluding hydrogens is 636 g/mol. The lowest BCUT2D eigenvalue weighted by molar-refractivity contribution is -0.129. The Morgan fingerprint density at radius 2 is 1.57 bits per heavy atom. The molecule has 4 rings (SSSR count). The number of likely N-dealkylation sites (N-methyl/N-ethyl adjacent to an activating group) is 1. The fraction of sp³-hybridized carbons (Fsp3) is 0.290. The van der Waals surface area contributed by atoms with Gasteiger partial charge in [-0.1, -0.05) is 70.3 Å². The number of nitrogens with zero attached hydrogens (tertiary/aromatic N) is 3. The van der Waals surface area contributed by atoms with Gasteiger partial charge in [0.15, 0.2) is 0 Å². The van der Waals surface area contributed by atoms with Crippen molar-refractivity contribution in [3.05, 3.63) is 97.5 Å². The van der Waals surface area contributed by atoms with Crippen LogP contribution in [-0.2, 0) is 16.1 Å². The van der Waals surface area contributed by atoms with E-state index in [1.807, 2.05) is 43.3 Å². The van der Waals surface area contributed by atoms with Gasteiger partial charge in [-0.2, -0.15) is 0 Å². The molecule has 0 spiro atoms. The number of amides is 2. The van der Waals surface area contributed by atoms with Crippen LogP contribution in [0.3, 0.4) is 0 Å². The molecule has 0 atom stereocenters. The number of carbonyl (C=O) groups excluding carboxylic acids is 2. The second-order valence-corrected chi connectivity index (χ2v) is 12.7. The Morgan fingerprint density at radius 3 is 2.21 bits per heavy atom. The lowest BCUT2D eigenvalue weighted by Crippen LogP contribution is -2.39. The van der Waals surface area contributed by atoms with Gasteiger partial charge in [0.1, 0.15) is 0 Å². The van der Waals surface area contributed by atoms with E-state index in [4.69, 9.17) is 51.1 Å². The number of halogens is 4. The van der Waals surface area contributed by atoms with Crippen molar-refractivity contribution >= 4 is 76.1 Å². The number of ether oxygens (including phenoxy) is 1. The van der Waals surface area contributed by atoms with E-state index in [1.165, 1.54) is 17.8 Å². The zero-order chi connectivity index (χ0) is 30.2. The Balaban J connectivity index is 1.48. The Bertz CT molecular complexity index is 1460. The minimum absolute atomic E-state index is 0.0798. The highest BCUT2D eigenvalue weighted by atomic mass is 35.5. The van der Waals surface area contributed by atoms with Crippen LogP contribution in [0.2, 0.25) is 20.1 Å². The molecule has 2 amide bonds. The maximum absolute atomic E-state index is 13.7. The number of hydrogen-bond donors (Lipinski definition) is 0. The second-order valence-electron chi connectivity index (χ2n) is 9.98. The second kappa shape index (κ2) is 15.5. The molecule has 0 unspecified atom stereocenters. The first-order chi connectivity index (χ1) is 20.1. The van der Waals surface area contributed by atoms with Gasteiger partial charge >= 0.3 is 0 Å². The molecule has 0 saturated carbocycles. The standard InChI is InChI=1S/C31H31Cl4N3O3S/c1-36(2)11-12-38(20-22-4-8-28(26(34)18-22)42-29-9-6-23(32)19-27(29)35)31(40)24-7-3-21(17-25(24)33)5-10-30(39)37-13-15-41-16-14-37/h3-10,17-19H,11-16,20H2,1-2H3. The van der Waals surface area contributed by atoms with Crippen molar-refractivity contribution < 1.29 is 14.3 Å². The van der Waals surface area contributed by atoms with Gasteiger partial charge in [-0.05, 0) is 73.8 Å². The molecule has 11 heteroatoms. The highest BCUT2D eigenvalue weighted by Gasteiger charge is 2.20. The summed E-state index contributed by atoms with van der Waals surface area (Å²) in [6.45, 7) is 3.75. The van der Waals surface area contributed by atoms with Crippen LogP contribution >= 0.6 is 58.2 Å². The van der Waals surface area contributed by atoms with Crippen LogP contribution in [-0.4, -0.2) is 80.0 Å². The summed E-state index contributed by atoms with van der Waals surface area (Å²) in [5, 5.41) is 2.00. The molecule has 0 aromatic heterocycles. The van der Waals surface area contributed by atoms with Crippen molar-refractivity contribution in [3.63, 3.8) is 0 Å². The third kappa shape index (κ3) is 9.13. The molecule has 3 aromatic carbocycles. The van der Waals surface area contributed by atoms with Crippen molar-refractivity contribution in [2.45, 2.75) is 16.3 Å². The minimum Gasteiger partial charge on any atom is -0.378 e. The van der Waals surface area contributed by atoms with Gasteiger partial charge in [0.2, 0.25) is 5.91 Å². The molecule has 1 aliphatic rings. The van der Waals surface area contributed by atoms with Gasteiger partial charge in [-0.3, -0.25) is 9.59 Å². The van der Waals surface area contributed by atoms with Gasteiger partial charge in [-0.15, -0.1) is 0 Å². The molecule has 3 aromatic rings. The quantitative estimate of drug-likeness (QED) is 0.210. The molecule has 42 heavy (non-hydrogen) atoms. The van der Waals surface area contributed by atoms with Gasteiger partial charge in [0.25, 0.3) is 5.91 Å². The SMILES string of the molecule is CN(C)CCN(Cc1ccc(Sc2ccc(Cl)cc2Cl)c(Cl)c1)C(=O)c1ccc(C=CC(=O)N2CCOCC2)cc1Cl. The van der Waals surface area contributed by atoms with E-state index in [-0.39, 0.29) is 11.8 Å². The molecular formula is C31H31Cl4N3O3S. The summed E-state index contributed by atoms with van der Waals surface area (Å²) >= 11 is 27.1. The van der Waals surface area contributed by atoms with Crippen LogP contribution in [0.5, 0.6) is 0 Å².